The number of nitrogens with zero attached hydrogens (tertiary/aromatic N) is 4. The lowest BCUT2D eigenvalue weighted by Crippen LogP contribution is -2.30. The fraction of sp³-hybridized carbons (Fsp3) is 0.111. The molecule has 0 atom stereocenters. The molecule has 0 fully saturated rings. The number of nitrogens with one attached hydrogen (secondary N) is 1. The summed E-state index contributed by atoms with van der Waals surface area (Å²) in [6.45, 7) is 1.02. The zero-order valence-electron chi connectivity index (χ0n) is 19.0. The van der Waals surface area contributed by atoms with E-state index in [-0.39, 0.29) is 18.0 Å². The second-order valence-corrected chi connectivity index (χ2v) is 10.1. The molecule has 8 heteroatoms. The van der Waals surface area contributed by atoms with Gasteiger partial charge in [-0.25, -0.2) is 18.4 Å². The molecular weight excluding hydrogens is 458 g/mol. The zero-order chi connectivity index (χ0) is 24.1. The standard InChI is InChI=1S/C27H25N5O2S/c33-35(34,32(19-22-9-3-1-4-10-22)20-23-11-5-2-6-12-23)25-14-15-26(29-18-25)28-17-24-21-31-16-8-7-13-27(31)30-24/h1-16,18,21H,17,19-20H2,(H,28,29). The third-order valence-corrected chi connectivity index (χ3v) is 7.42. The van der Waals surface area contributed by atoms with Gasteiger partial charge in [-0.15, -0.1) is 0 Å². The molecule has 0 radical (unpaired) electrons. The van der Waals surface area contributed by atoms with E-state index in [9.17, 15) is 8.42 Å². The van der Waals surface area contributed by atoms with Crippen LogP contribution in [-0.4, -0.2) is 27.1 Å². The van der Waals surface area contributed by atoms with Gasteiger partial charge in [0.2, 0.25) is 10.0 Å². The van der Waals surface area contributed by atoms with Crippen LogP contribution in [0.5, 0.6) is 0 Å². The van der Waals surface area contributed by atoms with Gasteiger partial charge in [0, 0.05) is 31.7 Å². The van der Waals surface area contributed by atoms with E-state index in [1.165, 1.54) is 10.5 Å². The largest absolute Gasteiger partial charge is 0.364 e. The van der Waals surface area contributed by atoms with Crippen LogP contribution in [0.2, 0.25) is 0 Å². The zero-order valence-corrected chi connectivity index (χ0v) is 19.8. The summed E-state index contributed by atoms with van der Waals surface area (Å²) in [5.41, 5.74) is 3.58. The Balaban J connectivity index is 1.33. The highest BCUT2D eigenvalue weighted by atomic mass is 32.2. The minimum absolute atomic E-state index is 0.155. The quantitative estimate of drug-likeness (QED) is 0.328. The molecule has 5 rings (SSSR count). The molecule has 0 aliphatic carbocycles. The Morgan fingerprint density at radius 3 is 2.06 bits per heavy atom. The van der Waals surface area contributed by atoms with Gasteiger partial charge >= 0.3 is 0 Å². The Morgan fingerprint density at radius 1 is 0.800 bits per heavy atom. The van der Waals surface area contributed by atoms with Crippen molar-refractivity contribution in [2.45, 2.75) is 24.5 Å². The van der Waals surface area contributed by atoms with Crippen LogP contribution in [0.25, 0.3) is 5.65 Å². The van der Waals surface area contributed by atoms with Crippen LogP contribution in [0.3, 0.4) is 0 Å². The lowest BCUT2D eigenvalue weighted by molar-refractivity contribution is 0.401. The molecule has 7 nitrogen and oxygen atoms in total. The van der Waals surface area contributed by atoms with Gasteiger partial charge in [-0.2, -0.15) is 4.31 Å². The molecule has 1 N–H and O–H groups in total. The summed E-state index contributed by atoms with van der Waals surface area (Å²) in [6, 6.07) is 28.3. The highest BCUT2D eigenvalue weighted by Crippen LogP contribution is 2.22. The molecule has 0 amide bonds. The number of fused-ring (bicyclic) bond motifs is 1. The van der Waals surface area contributed by atoms with Gasteiger partial charge in [-0.3, -0.25) is 0 Å². The number of aromatic nitrogens is 3. The van der Waals surface area contributed by atoms with E-state index in [0.717, 1.165) is 22.5 Å². The van der Waals surface area contributed by atoms with Crippen molar-refractivity contribution in [2.24, 2.45) is 0 Å². The lowest BCUT2D eigenvalue weighted by Gasteiger charge is -2.22. The Kier molecular flexibility index (Phi) is 6.56. The predicted octanol–water partition coefficient (Wildman–Crippen LogP) is 4.73. The van der Waals surface area contributed by atoms with Gasteiger partial charge in [0.15, 0.2) is 0 Å². The number of hydrogen-bond acceptors (Lipinski definition) is 5. The van der Waals surface area contributed by atoms with Crippen molar-refractivity contribution in [1.82, 2.24) is 18.7 Å². The van der Waals surface area contributed by atoms with Crippen molar-refractivity contribution < 1.29 is 8.42 Å². The number of rotatable bonds is 9. The van der Waals surface area contributed by atoms with Crippen molar-refractivity contribution in [3.05, 3.63) is 126 Å². The lowest BCUT2D eigenvalue weighted by atomic mass is 10.2. The van der Waals surface area contributed by atoms with Crippen LogP contribution < -0.4 is 5.32 Å². The van der Waals surface area contributed by atoms with E-state index in [1.54, 1.807) is 12.1 Å². The third kappa shape index (κ3) is 5.40. The molecule has 0 saturated carbocycles. The van der Waals surface area contributed by atoms with Crippen LogP contribution in [-0.2, 0) is 29.7 Å². The summed E-state index contributed by atoms with van der Waals surface area (Å²) in [5, 5.41) is 3.21. The summed E-state index contributed by atoms with van der Waals surface area (Å²) >= 11 is 0. The monoisotopic (exact) mass is 483 g/mol. The summed E-state index contributed by atoms with van der Waals surface area (Å²) in [7, 11) is -3.77. The van der Waals surface area contributed by atoms with Gasteiger partial charge in [-0.05, 0) is 35.4 Å². The number of hydrogen-bond donors (Lipinski definition) is 1. The summed E-state index contributed by atoms with van der Waals surface area (Å²) in [6.07, 6.45) is 5.30. The second kappa shape index (κ2) is 10.1. The molecule has 0 aliphatic heterocycles. The van der Waals surface area contributed by atoms with E-state index < -0.39 is 10.0 Å². The average Bonchev–Trinajstić information content (AvgIpc) is 3.32. The number of imidazole rings is 1. The number of benzene rings is 2. The highest BCUT2D eigenvalue weighted by molar-refractivity contribution is 7.89. The molecule has 0 saturated heterocycles. The maximum atomic E-state index is 13.6. The molecule has 3 aromatic heterocycles. The summed E-state index contributed by atoms with van der Waals surface area (Å²) in [4.78, 5) is 9.07. The summed E-state index contributed by atoms with van der Waals surface area (Å²) < 4.78 is 30.6. The van der Waals surface area contributed by atoms with Crippen LogP contribution in [0.15, 0.2) is 114 Å². The molecule has 176 valence electrons. The molecule has 0 aliphatic rings. The Hall–Kier alpha value is -4.01. The van der Waals surface area contributed by atoms with Gasteiger partial charge in [-0.1, -0.05) is 66.7 Å². The van der Waals surface area contributed by atoms with Gasteiger partial charge in [0.25, 0.3) is 0 Å². The summed E-state index contributed by atoms with van der Waals surface area (Å²) in [5.74, 6) is 0.582. The van der Waals surface area contributed by atoms with E-state index in [1.807, 2.05) is 95.7 Å². The van der Waals surface area contributed by atoms with E-state index in [2.05, 4.69) is 15.3 Å². The van der Waals surface area contributed by atoms with Gasteiger partial charge in [0.1, 0.15) is 16.4 Å². The number of anilines is 1. The smallest absolute Gasteiger partial charge is 0.245 e. The Morgan fingerprint density at radius 2 is 1.46 bits per heavy atom. The van der Waals surface area contributed by atoms with Gasteiger partial charge < -0.3 is 9.72 Å². The third-order valence-electron chi connectivity index (χ3n) is 5.64. The molecular formula is C27H25N5O2S. The predicted molar refractivity (Wildman–Crippen MR) is 136 cm³/mol. The molecule has 0 bridgehead atoms. The van der Waals surface area contributed by atoms with E-state index in [4.69, 9.17) is 0 Å². The second-order valence-electron chi connectivity index (χ2n) is 8.18. The molecule has 35 heavy (non-hydrogen) atoms. The van der Waals surface area contributed by atoms with Crippen molar-refractivity contribution in [3.8, 4) is 0 Å². The number of sulfonamides is 1. The van der Waals surface area contributed by atoms with Crippen LogP contribution >= 0.6 is 0 Å². The minimum Gasteiger partial charge on any atom is -0.364 e. The fourth-order valence-electron chi connectivity index (χ4n) is 3.84. The Labute approximate surface area is 204 Å². The van der Waals surface area contributed by atoms with Crippen LogP contribution in [0.1, 0.15) is 16.8 Å². The maximum absolute atomic E-state index is 13.6. The fourth-order valence-corrected chi connectivity index (χ4v) is 5.20. The average molecular weight is 484 g/mol. The van der Waals surface area contributed by atoms with E-state index in [0.29, 0.717) is 12.4 Å². The van der Waals surface area contributed by atoms with Crippen molar-refractivity contribution in [2.75, 3.05) is 5.32 Å². The first-order chi connectivity index (χ1) is 17.1. The maximum Gasteiger partial charge on any atom is 0.245 e. The molecule has 0 unspecified atom stereocenters. The molecule has 2 aromatic carbocycles. The topological polar surface area (TPSA) is 79.6 Å². The SMILES string of the molecule is O=S(=O)(c1ccc(NCc2cn3ccccc3n2)nc1)N(Cc1ccccc1)Cc1ccccc1. The van der Waals surface area contributed by atoms with Crippen molar-refractivity contribution >= 4 is 21.5 Å². The highest BCUT2D eigenvalue weighted by Gasteiger charge is 2.25. The van der Waals surface area contributed by atoms with Crippen LogP contribution in [0, 0.1) is 0 Å². The normalized spacial score (nSPS) is 11.7. The molecule has 0 spiro atoms. The van der Waals surface area contributed by atoms with Gasteiger partial charge in [0.05, 0.1) is 12.2 Å². The number of pyridine rings is 2. The first-order valence-corrected chi connectivity index (χ1v) is 12.7. The van der Waals surface area contributed by atoms with Crippen LogP contribution in [0.4, 0.5) is 5.82 Å². The van der Waals surface area contributed by atoms with E-state index >= 15 is 0 Å². The van der Waals surface area contributed by atoms with Crippen molar-refractivity contribution in [1.29, 1.82) is 0 Å². The molecule has 3 heterocycles. The molecule has 5 aromatic rings. The minimum atomic E-state index is -3.77. The Bertz CT molecular complexity index is 1430. The van der Waals surface area contributed by atoms with Crippen molar-refractivity contribution in [3.63, 3.8) is 0 Å². The first kappa shape index (κ1) is 22.8. The first-order valence-electron chi connectivity index (χ1n) is 11.3.